The summed E-state index contributed by atoms with van der Waals surface area (Å²) >= 11 is 0. The summed E-state index contributed by atoms with van der Waals surface area (Å²) in [6.45, 7) is 3.61. The third-order valence-electron chi connectivity index (χ3n) is 4.18. The standard InChI is InChI=1S/C19H16FN5O2/c1-11-5-12(2)7-14(6-11)22-17(26)9-25-19(27)24-10-21-16-4-3-13(20)8-15(16)18(24)23-25/h3-8,10H,9H2,1-2H3,(H,22,26). The van der Waals surface area contributed by atoms with Gasteiger partial charge in [-0.05, 0) is 55.3 Å². The van der Waals surface area contributed by atoms with Gasteiger partial charge in [-0.15, -0.1) is 5.10 Å². The predicted octanol–water partition coefficient (Wildman–Crippen LogP) is 2.44. The summed E-state index contributed by atoms with van der Waals surface area (Å²) in [5, 5.41) is 7.37. The van der Waals surface area contributed by atoms with Crippen LogP contribution in [0.3, 0.4) is 0 Å². The van der Waals surface area contributed by atoms with E-state index in [0.717, 1.165) is 15.8 Å². The van der Waals surface area contributed by atoms with Gasteiger partial charge in [0, 0.05) is 11.1 Å². The van der Waals surface area contributed by atoms with E-state index in [1.165, 1.54) is 28.9 Å². The molecule has 0 bridgehead atoms. The van der Waals surface area contributed by atoms with E-state index < -0.39 is 11.5 Å². The van der Waals surface area contributed by atoms with Crippen molar-refractivity contribution in [2.24, 2.45) is 0 Å². The molecule has 0 fully saturated rings. The predicted molar refractivity (Wildman–Crippen MR) is 99.3 cm³/mol. The Balaban J connectivity index is 1.68. The number of carbonyl (C=O) groups is 1. The van der Waals surface area contributed by atoms with Crippen molar-refractivity contribution in [1.82, 2.24) is 19.2 Å². The highest BCUT2D eigenvalue weighted by atomic mass is 19.1. The lowest BCUT2D eigenvalue weighted by molar-refractivity contribution is -0.117. The van der Waals surface area contributed by atoms with Gasteiger partial charge in [0.2, 0.25) is 5.91 Å². The third kappa shape index (κ3) is 3.17. The van der Waals surface area contributed by atoms with Gasteiger partial charge >= 0.3 is 5.69 Å². The first-order valence-corrected chi connectivity index (χ1v) is 8.32. The van der Waals surface area contributed by atoms with Crippen molar-refractivity contribution in [3.8, 4) is 0 Å². The molecule has 8 heteroatoms. The molecule has 0 aliphatic carbocycles. The molecule has 0 aliphatic heterocycles. The molecule has 0 unspecified atom stereocenters. The molecular formula is C19H16FN5O2. The molecule has 27 heavy (non-hydrogen) atoms. The molecule has 136 valence electrons. The van der Waals surface area contributed by atoms with Gasteiger partial charge in [0.1, 0.15) is 18.7 Å². The van der Waals surface area contributed by atoms with Crippen LogP contribution in [0, 0.1) is 19.7 Å². The molecule has 1 amide bonds. The molecule has 1 N–H and O–H groups in total. The summed E-state index contributed by atoms with van der Waals surface area (Å²) < 4.78 is 15.8. The number of carbonyl (C=O) groups excluding carboxylic acids is 1. The first-order valence-electron chi connectivity index (χ1n) is 8.32. The highest BCUT2D eigenvalue weighted by Crippen LogP contribution is 2.17. The minimum Gasteiger partial charge on any atom is -0.324 e. The second-order valence-corrected chi connectivity index (χ2v) is 6.46. The van der Waals surface area contributed by atoms with Crippen LogP contribution in [-0.2, 0) is 11.3 Å². The Morgan fingerprint density at radius 3 is 2.63 bits per heavy atom. The van der Waals surface area contributed by atoms with E-state index in [0.29, 0.717) is 16.6 Å². The molecule has 7 nitrogen and oxygen atoms in total. The molecule has 4 aromatic rings. The number of nitrogens with one attached hydrogen (secondary N) is 1. The zero-order chi connectivity index (χ0) is 19.1. The molecule has 2 aromatic heterocycles. The Morgan fingerprint density at radius 2 is 1.89 bits per heavy atom. The van der Waals surface area contributed by atoms with Gasteiger partial charge in [-0.3, -0.25) is 4.79 Å². The second-order valence-electron chi connectivity index (χ2n) is 6.46. The number of halogens is 1. The van der Waals surface area contributed by atoms with Gasteiger partial charge < -0.3 is 5.32 Å². The smallest absolute Gasteiger partial charge is 0.324 e. The molecule has 0 saturated carbocycles. The SMILES string of the molecule is Cc1cc(C)cc(NC(=O)Cn2nc3c4cc(F)ccc4ncn3c2=O)c1. The highest BCUT2D eigenvalue weighted by Gasteiger charge is 2.14. The first-order chi connectivity index (χ1) is 12.9. The molecule has 0 spiro atoms. The maximum Gasteiger partial charge on any atom is 0.352 e. The van der Waals surface area contributed by atoms with Crippen LogP contribution in [-0.4, -0.2) is 25.1 Å². The fraction of sp³-hybridized carbons (Fsp3) is 0.158. The van der Waals surface area contributed by atoms with Crippen LogP contribution in [0.2, 0.25) is 0 Å². The number of benzene rings is 2. The average Bonchev–Trinajstić information content (AvgIpc) is 2.90. The number of rotatable bonds is 3. The number of nitrogens with zero attached hydrogens (tertiary/aromatic N) is 4. The van der Waals surface area contributed by atoms with Crippen molar-refractivity contribution in [3.63, 3.8) is 0 Å². The fourth-order valence-electron chi connectivity index (χ4n) is 3.11. The van der Waals surface area contributed by atoms with Gasteiger partial charge in [-0.1, -0.05) is 6.07 Å². The molecule has 0 atom stereocenters. The van der Waals surface area contributed by atoms with Gasteiger partial charge in [0.25, 0.3) is 0 Å². The van der Waals surface area contributed by atoms with Crippen molar-refractivity contribution >= 4 is 28.1 Å². The maximum atomic E-state index is 13.6. The van der Waals surface area contributed by atoms with Crippen LogP contribution in [0.1, 0.15) is 11.1 Å². The summed E-state index contributed by atoms with van der Waals surface area (Å²) in [7, 11) is 0. The topological polar surface area (TPSA) is 81.3 Å². The first kappa shape index (κ1) is 16.9. The summed E-state index contributed by atoms with van der Waals surface area (Å²) in [6, 6.07) is 9.76. The quantitative estimate of drug-likeness (QED) is 0.605. The zero-order valence-electron chi connectivity index (χ0n) is 14.7. The normalized spacial score (nSPS) is 11.2. The number of hydrogen-bond donors (Lipinski definition) is 1. The zero-order valence-corrected chi connectivity index (χ0v) is 14.7. The molecule has 0 saturated heterocycles. The molecular weight excluding hydrogens is 349 g/mol. The highest BCUT2D eigenvalue weighted by molar-refractivity contribution is 5.92. The van der Waals surface area contributed by atoms with Crippen LogP contribution in [0.5, 0.6) is 0 Å². The minimum absolute atomic E-state index is 0.253. The minimum atomic E-state index is -0.515. The van der Waals surface area contributed by atoms with Gasteiger partial charge in [0.05, 0.1) is 5.52 Å². The van der Waals surface area contributed by atoms with E-state index in [9.17, 15) is 14.0 Å². The maximum absolute atomic E-state index is 13.6. The molecule has 0 aliphatic rings. The van der Waals surface area contributed by atoms with E-state index in [1.54, 1.807) is 0 Å². The number of hydrogen-bond acceptors (Lipinski definition) is 4. The van der Waals surface area contributed by atoms with E-state index in [-0.39, 0.29) is 18.1 Å². The monoisotopic (exact) mass is 365 g/mol. The van der Waals surface area contributed by atoms with E-state index >= 15 is 0 Å². The van der Waals surface area contributed by atoms with Crippen LogP contribution in [0.15, 0.2) is 47.5 Å². The molecule has 4 rings (SSSR count). The van der Waals surface area contributed by atoms with E-state index in [2.05, 4.69) is 15.4 Å². The Morgan fingerprint density at radius 1 is 1.15 bits per heavy atom. The van der Waals surface area contributed by atoms with Gasteiger partial charge in [-0.25, -0.2) is 23.3 Å². The lowest BCUT2D eigenvalue weighted by Gasteiger charge is -2.07. The van der Waals surface area contributed by atoms with Crippen molar-refractivity contribution in [2.75, 3.05) is 5.32 Å². The number of fused-ring (bicyclic) bond motifs is 3. The molecule has 2 heterocycles. The Hall–Kier alpha value is -3.55. The Kier molecular flexibility index (Phi) is 3.95. The second kappa shape index (κ2) is 6.31. The summed E-state index contributed by atoms with van der Waals surface area (Å²) in [5.41, 5.74) is 2.96. The molecule has 0 radical (unpaired) electrons. The van der Waals surface area contributed by atoms with E-state index in [1.807, 2.05) is 32.0 Å². The lowest BCUT2D eigenvalue weighted by atomic mass is 10.1. The molecule has 2 aromatic carbocycles. The summed E-state index contributed by atoms with van der Waals surface area (Å²) in [4.78, 5) is 29.0. The number of amides is 1. The average molecular weight is 365 g/mol. The van der Waals surface area contributed by atoms with Crippen molar-refractivity contribution in [1.29, 1.82) is 0 Å². The number of anilines is 1. The number of aryl methyl sites for hydroxylation is 2. The van der Waals surface area contributed by atoms with Crippen LogP contribution >= 0.6 is 0 Å². The van der Waals surface area contributed by atoms with Crippen LogP contribution in [0.25, 0.3) is 16.6 Å². The fourth-order valence-corrected chi connectivity index (χ4v) is 3.11. The number of aromatic nitrogens is 4. The summed E-state index contributed by atoms with van der Waals surface area (Å²) in [6.07, 6.45) is 1.32. The van der Waals surface area contributed by atoms with Crippen LogP contribution < -0.4 is 11.0 Å². The Labute approximate surface area is 153 Å². The van der Waals surface area contributed by atoms with Crippen molar-refractivity contribution in [2.45, 2.75) is 20.4 Å². The van der Waals surface area contributed by atoms with Crippen LogP contribution in [0.4, 0.5) is 10.1 Å². The van der Waals surface area contributed by atoms with E-state index in [4.69, 9.17) is 0 Å². The largest absolute Gasteiger partial charge is 0.352 e. The summed E-state index contributed by atoms with van der Waals surface area (Å²) in [5.74, 6) is -0.832. The Bertz CT molecular complexity index is 1240. The van der Waals surface area contributed by atoms with Gasteiger partial charge in [0.15, 0.2) is 5.65 Å². The third-order valence-corrected chi connectivity index (χ3v) is 4.18. The van der Waals surface area contributed by atoms with Gasteiger partial charge in [-0.2, -0.15) is 0 Å². The van der Waals surface area contributed by atoms with Crippen molar-refractivity contribution in [3.05, 3.63) is 70.2 Å². The lowest BCUT2D eigenvalue weighted by Crippen LogP contribution is -2.28. The van der Waals surface area contributed by atoms with Crippen molar-refractivity contribution < 1.29 is 9.18 Å².